The van der Waals surface area contributed by atoms with E-state index in [2.05, 4.69) is 16.0 Å². The highest BCUT2D eigenvalue weighted by Gasteiger charge is 2.24. The van der Waals surface area contributed by atoms with Gasteiger partial charge in [-0.05, 0) is 60.2 Å². The van der Waals surface area contributed by atoms with Gasteiger partial charge < -0.3 is 25.4 Å². The molecule has 0 aromatic heterocycles. The monoisotopic (exact) mass is 643 g/mol. The van der Waals surface area contributed by atoms with E-state index in [1.165, 1.54) is 18.9 Å². The lowest BCUT2D eigenvalue weighted by atomic mass is 10.1. The molecular formula is C38H33N3O5S. The Morgan fingerprint density at radius 1 is 0.681 bits per heavy atom. The fraction of sp³-hybridized carbons (Fsp3) is 0.0789. The summed E-state index contributed by atoms with van der Waals surface area (Å²) in [5.74, 6) is -0.0955. The first-order chi connectivity index (χ1) is 22.9. The molecule has 1 atom stereocenters. The third-order valence-electron chi connectivity index (χ3n) is 7.02. The minimum absolute atomic E-state index is 0.0276. The van der Waals surface area contributed by atoms with E-state index in [4.69, 9.17) is 9.47 Å². The molecule has 1 unspecified atom stereocenters. The lowest BCUT2D eigenvalue weighted by molar-refractivity contribution is -0.116. The second-order valence-electron chi connectivity index (χ2n) is 10.2. The minimum Gasteiger partial charge on any atom is -0.496 e. The van der Waals surface area contributed by atoms with E-state index in [0.717, 1.165) is 10.5 Å². The van der Waals surface area contributed by atoms with Gasteiger partial charge in [-0.25, -0.2) is 0 Å². The van der Waals surface area contributed by atoms with Crippen molar-refractivity contribution >= 4 is 46.9 Å². The zero-order valence-corrected chi connectivity index (χ0v) is 26.6. The largest absolute Gasteiger partial charge is 0.496 e. The van der Waals surface area contributed by atoms with Crippen LogP contribution in [0.4, 0.5) is 11.4 Å². The lowest BCUT2D eigenvalue weighted by Crippen LogP contribution is -2.30. The van der Waals surface area contributed by atoms with Crippen LogP contribution in [-0.4, -0.2) is 31.9 Å². The Balaban J connectivity index is 1.40. The molecule has 5 rings (SSSR count). The van der Waals surface area contributed by atoms with Gasteiger partial charge in [-0.3, -0.25) is 14.4 Å². The quantitative estimate of drug-likeness (QED) is 0.0956. The number of carbonyl (C=O) groups excluding carboxylic acids is 3. The number of para-hydroxylation sites is 3. The average molecular weight is 644 g/mol. The summed E-state index contributed by atoms with van der Waals surface area (Å²) in [7, 11) is 3.09. The van der Waals surface area contributed by atoms with Crippen LogP contribution in [-0.2, 0) is 9.59 Å². The van der Waals surface area contributed by atoms with Crippen LogP contribution >= 0.6 is 11.8 Å². The first kappa shape index (κ1) is 32.6. The Hall–Kier alpha value is -5.80. The van der Waals surface area contributed by atoms with Crippen LogP contribution in [0, 0.1) is 0 Å². The van der Waals surface area contributed by atoms with Crippen LogP contribution in [0.1, 0.15) is 26.7 Å². The number of hydrogen-bond donors (Lipinski definition) is 3. The molecule has 0 heterocycles. The van der Waals surface area contributed by atoms with Crippen LogP contribution in [0.3, 0.4) is 0 Å². The Kier molecular flexibility index (Phi) is 11.1. The van der Waals surface area contributed by atoms with E-state index in [0.29, 0.717) is 34.0 Å². The summed E-state index contributed by atoms with van der Waals surface area (Å²) in [6.07, 6.45) is 1.57. The maximum absolute atomic E-state index is 13.7. The second kappa shape index (κ2) is 16.0. The lowest BCUT2D eigenvalue weighted by Gasteiger charge is -2.19. The number of rotatable bonds is 12. The fourth-order valence-corrected chi connectivity index (χ4v) is 5.80. The van der Waals surface area contributed by atoms with Crippen molar-refractivity contribution in [3.8, 4) is 11.5 Å². The third kappa shape index (κ3) is 8.68. The molecule has 9 heteroatoms. The van der Waals surface area contributed by atoms with Crippen LogP contribution < -0.4 is 25.4 Å². The molecule has 0 radical (unpaired) electrons. The number of hydrogen-bond acceptors (Lipinski definition) is 6. The number of anilines is 2. The molecule has 8 nitrogen and oxygen atoms in total. The molecule has 0 aliphatic heterocycles. The topological polar surface area (TPSA) is 106 Å². The van der Waals surface area contributed by atoms with Crippen molar-refractivity contribution in [2.75, 3.05) is 24.9 Å². The van der Waals surface area contributed by atoms with Crippen molar-refractivity contribution in [2.24, 2.45) is 0 Å². The van der Waals surface area contributed by atoms with E-state index >= 15 is 0 Å². The van der Waals surface area contributed by atoms with Gasteiger partial charge in [-0.15, -0.1) is 11.8 Å². The zero-order valence-electron chi connectivity index (χ0n) is 25.8. The zero-order chi connectivity index (χ0) is 33.0. The van der Waals surface area contributed by atoms with Crippen LogP contribution in [0.15, 0.2) is 144 Å². The molecule has 236 valence electrons. The molecule has 0 fully saturated rings. The summed E-state index contributed by atoms with van der Waals surface area (Å²) in [5.41, 5.74) is 2.91. The Morgan fingerprint density at radius 2 is 1.32 bits per heavy atom. The van der Waals surface area contributed by atoms with Crippen molar-refractivity contribution in [1.82, 2.24) is 5.32 Å². The highest BCUT2D eigenvalue weighted by Crippen LogP contribution is 2.38. The summed E-state index contributed by atoms with van der Waals surface area (Å²) in [6, 6.07) is 39.7. The number of ether oxygens (including phenoxy) is 2. The first-order valence-corrected chi connectivity index (χ1v) is 15.6. The molecule has 5 aromatic carbocycles. The highest BCUT2D eigenvalue weighted by atomic mass is 32.2. The van der Waals surface area contributed by atoms with Crippen LogP contribution in [0.5, 0.6) is 11.5 Å². The second-order valence-corrected chi connectivity index (χ2v) is 11.4. The van der Waals surface area contributed by atoms with Crippen molar-refractivity contribution in [2.45, 2.75) is 10.1 Å². The van der Waals surface area contributed by atoms with E-state index in [1.807, 2.05) is 66.7 Å². The Labute approximate surface area is 277 Å². The molecule has 0 bridgehead atoms. The summed E-state index contributed by atoms with van der Waals surface area (Å²) >= 11 is 1.34. The van der Waals surface area contributed by atoms with Crippen molar-refractivity contribution in [3.63, 3.8) is 0 Å². The average Bonchev–Trinajstić information content (AvgIpc) is 3.11. The summed E-state index contributed by atoms with van der Waals surface area (Å²) in [6.45, 7) is 0. The van der Waals surface area contributed by atoms with E-state index < -0.39 is 17.1 Å². The summed E-state index contributed by atoms with van der Waals surface area (Å²) in [4.78, 5) is 41.2. The van der Waals surface area contributed by atoms with Gasteiger partial charge in [0.25, 0.3) is 11.8 Å². The van der Waals surface area contributed by atoms with E-state index in [9.17, 15) is 14.4 Å². The summed E-state index contributed by atoms with van der Waals surface area (Å²) < 4.78 is 10.9. The maximum atomic E-state index is 13.7. The maximum Gasteiger partial charge on any atom is 0.272 e. The van der Waals surface area contributed by atoms with Crippen molar-refractivity contribution in [3.05, 3.63) is 156 Å². The van der Waals surface area contributed by atoms with Gasteiger partial charge >= 0.3 is 0 Å². The van der Waals surface area contributed by atoms with Crippen molar-refractivity contribution < 1.29 is 23.9 Å². The molecule has 0 aliphatic carbocycles. The van der Waals surface area contributed by atoms with Gasteiger partial charge in [0.05, 0.1) is 19.9 Å². The minimum atomic E-state index is -0.613. The normalized spacial score (nSPS) is 11.6. The SMILES string of the molecule is COc1ccccc1/C=C(/NC(=O)c1ccccc1)C(=O)Nc1cccc(SC(C(=O)Nc2ccccc2OC)c2ccccc2)c1. The Morgan fingerprint density at radius 3 is 2.04 bits per heavy atom. The first-order valence-electron chi connectivity index (χ1n) is 14.7. The predicted octanol–water partition coefficient (Wildman–Crippen LogP) is 7.59. The number of carbonyl (C=O) groups is 3. The van der Waals surface area contributed by atoms with Crippen LogP contribution in [0.25, 0.3) is 6.08 Å². The number of methoxy groups -OCH3 is 2. The molecule has 0 saturated heterocycles. The summed E-state index contributed by atoms with van der Waals surface area (Å²) in [5, 5.41) is 8.04. The molecule has 3 N–H and O–H groups in total. The number of benzene rings is 5. The van der Waals surface area contributed by atoms with Gasteiger partial charge in [-0.2, -0.15) is 0 Å². The standard InChI is InChI=1S/C38H33N3O5S/c1-45-33-22-11-9-18-28(33)24-32(41-36(42)27-16-7-4-8-17-27)37(43)39-29-19-13-20-30(25-29)47-35(26-14-5-3-6-15-26)38(44)40-31-21-10-12-23-34(31)46-2/h3-25,35H,1-2H3,(H,39,43)(H,40,44)(H,41,42)/b32-24+. The third-order valence-corrected chi connectivity index (χ3v) is 8.27. The van der Waals surface area contributed by atoms with Gasteiger partial charge in [0.2, 0.25) is 5.91 Å². The van der Waals surface area contributed by atoms with Gasteiger partial charge in [-0.1, -0.05) is 84.9 Å². The Bertz CT molecular complexity index is 1880. The number of nitrogens with one attached hydrogen (secondary N) is 3. The number of thioether (sulfide) groups is 1. The smallest absolute Gasteiger partial charge is 0.272 e. The van der Waals surface area contributed by atoms with Crippen LogP contribution in [0.2, 0.25) is 0 Å². The molecular weight excluding hydrogens is 611 g/mol. The predicted molar refractivity (Wildman–Crippen MR) is 187 cm³/mol. The molecule has 5 aromatic rings. The highest BCUT2D eigenvalue weighted by molar-refractivity contribution is 8.00. The number of amides is 3. The molecule has 47 heavy (non-hydrogen) atoms. The van der Waals surface area contributed by atoms with Gasteiger partial charge in [0, 0.05) is 21.7 Å². The molecule has 3 amide bonds. The van der Waals surface area contributed by atoms with Crippen molar-refractivity contribution in [1.29, 1.82) is 0 Å². The van der Waals surface area contributed by atoms with Gasteiger partial charge in [0.1, 0.15) is 22.4 Å². The molecule has 0 spiro atoms. The van der Waals surface area contributed by atoms with E-state index in [1.54, 1.807) is 79.9 Å². The molecule has 0 saturated carbocycles. The van der Waals surface area contributed by atoms with E-state index in [-0.39, 0.29) is 11.6 Å². The molecule has 0 aliphatic rings. The van der Waals surface area contributed by atoms with Gasteiger partial charge in [0.15, 0.2) is 0 Å². The fourth-order valence-electron chi connectivity index (χ4n) is 4.71.